The third kappa shape index (κ3) is 4.61. The van der Waals surface area contributed by atoms with Gasteiger partial charge >= 0.3 is 0 Å². The van der Waals surface area contributed by atoms with Crippen LogP contribution in [0.4, 0.5) is 22.7 Å². The summed E-state index contributed by atoms with van der Waals surface area (Å²) >= 11 is 0. The fourth-order valence-electron chi connectivity index (χ4n) is 3.45. The van der Waals surface area contributed by atoms with Gasteiger partial charge in [-0.1, -0.05) is 48.5 Å². The highest BCUT2D eigenvalue weighted by molar-refractivity contribution is 5.99. The van der Waals surface area contributed by atoms with Crippen molar-refractivity contribution in [1.29, 1.82) is 0 Å². The minimum absolute atomic E-state index is 0.00607. The lowest BCUT2D eigenvalue weighted by Crippen LogP contribution is -2.36. The molecule has 0 aliphatic heterocycles. The van der Waals surface area contributed by atoms with Crippen LogP contribution in [0.25, 0.3) is 0 Å². The minimum Gasteiger partial charge on any atom is -0.505 e. The largest absolute Gasteiger partial charge is 0.505 e. The monoisotopic (exact) mass is 457 g/mol. The van der Waals surface area contributed by atoms with E-state index >= 15 is 0 Å². The Balaban J connectivity index is 1.54. The molecule has 4 aromatic rings. The van der Waals surface area contributed by atoms with Crippen molar-refractivity contribution in [2.75, 3.05) is 17.2 Å². The number of aromatic hydroxyl groups is 1. The number of amides is 1. The number of phenolic OH excluding ortho intramolecular Hbond substituents is 1. The van der Waals surface area contributed by atoms with Crippen molar-refractivity contribution < 1.29 is 14.6 Å². The zero-order valence-electron chi connectivity index (χ0n) is 18.4. The highest BCUT2D eigenvalue weighted by Gasteiger charge is 2.24. The van der Waals surface area contributed by atoms with Crippen molar-refractivity contribution in [3.8, 4) is 11.5 Å². The van der Waals surface area contributed by atoms with Crippen molar-refractivity contribution in [3.63, 3.8) is 0 Å². The van der Waals surface area contributed by atoms with E-state index in [9.17, 15) is 19.5 Å². The predicted octanol–water partition coefficient (Wildman–Crippen LogP) is 3.80. The maximum Gasteiger partial charge on any atom is 0.255 e. The molecule has 0 heterocycles. The summed E-state index contributed by atoms with van der Waals surface area (Å²) in [7, 11) is 0. The molecule has 0 aromatic heterocycles. The van der Waals surface area contributed by atoms with E-state index in [1.54, 1.807) is 30.3 Å². The molecule has 0 radical (unpaired) electrons. The normalized spacial score (nSPS) is 10.6. The first-order valence-corrected chi connectivity index (χ1v) is 10.7. The van der Waals surface area contributed by atoms with Crippen molar-refractivity contribution in [2.24, 2.45) is 0 Å². The van der Waals surface area contributed by atoms with Crippen molar-refractivity contribution in [1.82, 2.24) is 5.32 Å². The van der Waals surface area contributed by atoms with Crippen LogP contribution in [0.3, 0.4) is 0 Å². The number of ether oxygens (including phenoxy) is 1. The van der Waals surface area contributed by atoms with Crippen LogP contribution in [-0.4, -0.2) is 17.6 Å². The molecule has 0 unspecified atom stereocenters. The highest BCUT2D eigenvalue weighted by Crippen LogP contribution is 2.34. The fourth-order valence-corrected chi connectivity index (χ4v) is 3.45. The lowest BCUT2D eigenvalue weighted by molar-refractivity contribution is 0.0948. The predicted molar refractivity (Wildman–Crippen MR) is 131 cm³/mol. The maximum absolute atomic E-state index is 12.6. The van der Waals surface area contributed by atoms with Crippen LogP contribution in [0.2, 0.25) is 0 Å². The third-order valence-electron chi connectivity index (χ3n) is 5.19. The molecular formula is C26H23N3O5. The van der Waals surface area contributed by atoms with Crippen molar-refractivity contribution in [3.05, 3.63) is 104 Å². The number of nitrogens with one attached hydrogen (secondary N) is 3. The Bertz CT molecular complexity index is 1390. The van der Waals surface area contributed by atoms with Gasteiger partial charge in [0, 0.05) is 6.54 Å². The van der Waals surface area contributed by atoms with Crippen LogP contribution in [-0.2, 0) is 6.54 Å². The summed E-state index contributed by atoms with van der Waals surface area (Å²) < 4.78 is 5.55. The number of carbonyl (C=O) groups is 1. The number of benzene rings is 3. The fraction of sp³-hybridized carbons (Fsp3) is 0.115. The summed E-state index contributed by atoms with van der Waals surface area (Å²) in [5.74, 6) is -0.273. The zero-order chi connectivity index (χ0) is 24.1. The zero-order valence-corrected chi connectivity index (χ0v) is 18.4. The molecular weight excluding hydrogens is 434 g/mol. The number of rotatable bonds is 9. The van der Waals surface area contributed by atoms with Gasteiger partial charge in [-0.2, -0.15) is 0 Å². The second kappa shape index (κ2) is 9.91. The standard InChI is InChI=1S/C26H23N3O5/c1-2-34-20-14-7-6-12-18(20)28-21-22(25(32)24(21)31)29-19-13-8-11-17(23(19)30)26(33)27-15-16-9-4-3-5-10-16/h3-14,28-30H,2,15H2,1H3,(H,27,33). The van der Waals surface area contributed by atoms with Crippen LogP contribution in [0.15, 0.2) is 82.4 Å². The Labute approximate surface area is 195 Å². The molecule has 0 atom stereocenters. The quantitative estimate of drug-likeness (QED) is 0.223. The SMILES string of the molecule is CCOc1ccccc1Nc1c(Nc2cccc(C(=O)NCc3ccccc3)c2O)c(=O)c1=O. The van der Waals surface area contributed by atoms with E-state index < -0.39 is 16.8 Å². The summed E-state index contributed by atoms with van der Waals surface area (Å²) in [6.45, 7) is 2.57. The second-order valence-electron chi connectivity index (χ2n) is 7.46. The molecule has 0 aliphatic rings. The third-order valence-corrected chi connectivity index (χ3v) is 5.19. The number of para-hydroxylation sites is 3. The first-order chi connectivity index (χ1) is 16.5. The number of anilines is 4. The Morgan fingerprint density at radius 2 is 1.44 bits per heavy atom. The Morgan fingerprint density at radius 3 is 2.15 bits per heavy atom. The molecule has 34 heavy (non-hydrogen) atoms. The smallest absolute Gasteiger partial charge is 0.255 e. The van der Waals surface area contributed by atoms with E-state index in [1.165, 1.54) is 12.1 Å². The maximum atomic E-state index is 12.6. The summed E-state index contributed by atoms with van der Waals surface area (Å²) in [5.41, 5.74) is 0.231. The second-order valence-corrected chi connectivity index (χ2v) is 7.46. The lowest BCUT2D eigenvalue weighted by atomic mass is 10.1. The van der Waals surface area contributed by atoms with Crippen molar-refractivity contribution in [2.45, 2.75) is 13.5 Å². The number of hydrogen-bond acceptors (Lipinski definition) is 7. The molecule has 8 nitrogen and oxygen atoms in total. The van der Waals surface area contributed by atoms with E-state index in [0.29, 0.717) is 24.6 Å². The molecule has 0 bridgehead atoms. The van der Waals surface area contributed by atoms with E-state index in [2.05, 4.69) is 16.0 Å². The van der Waals surface area contributed by atoms with Gasteiger partial charge in [-0.3, -0.25) is 14.4 Å². The number of carbonyl (C=O) groups excluding carboxylic acids is 1. The summed E-state index contributed by atoms with van der Waals surface area (Å²) in [5, 5.41) is 19.2. The molecule has 1 amide bonds. The van der Waals surface area contributed by atoms with Crippen LogP contribution in [0, 0.1) is 0 Å². The van der Waals surface area contributed by atoms with E-state index in [4.69, 9.17) is 4.74 Å². The number of phenols is 1. The molecule has 0 fully saturated rings. The van der Waals surface area contributed by atoms with Gasteiger partial charge in [0.15, 0.2) is 5.75 Å². The van der Waals surface area contributed by atoms with Gasteiger partial charge in [0.25, 0.3) is 16.8 Å². The molecule has 0 spiro atoms. The van der Waals surface area contributed by atoms with Crippen molar-refractivity contribution >= 4 is 28.7 Å². The highest BCUT2D eigenvalue weighted by atomic mass is 16.5. The molecule has 0 saturated heterocycles. The van der Waals surface area contributed by atoms with Gasteiger partial charge in [0.05, 0.1) is 23.5 Å². The van der Waals surface area contributed by atoms with Gasteiger partial charge in [-0.25, -0.2) is 0 Å². The summed E-state index contributed by atoms with van der Waals surface area (Å²) in [6.07, 6.45) is 0. The van der Waals surface area contributed by atoms with Crippen LogP contribution in [0.5, 0.6) is 11.5 Å². The van der Waals surface area contributed by atoms with Crippen LogP contribution < -0.4 is 31.5 Å². The van der Waals surface area contributed by atoms with Gasteiger partial charge in [-0.15, -0.1) is 0 Å². The summed E-state index contributed by atoms with van der Waals surface area (Å²) in [6, 6.07) is 21.0. The Kier molecular flexibility index (Phi) is 6.59. The van der Waals surface area contributed by atoms with Crippen LogP contribution in [0.1, 0.15) is 22.8 Å². The Hall–Kier alpha value is -4.59. The molecule has 0 aliphatic carbocycles. The minimum atomic E-state index is -0.727. The Morgan fingerprint density at radius 1 is 0.824 bits per heavy atom. The van der Waals surface area contributed by atoms with E-state index in [0.717, 1.165) is 5.56 Å². The average Bonchev–Trinajstić information content (AvgIpc) is 2.87. The topological polar surface area (TPSA) is 117 Å². The molecule has 4 aromatic carbocycles. The molecule has 172 valence electrons. The van der Waals surface area contributed by atoms with Crippen LogP contribution >= 0.6 is 0 Å². The first kappa shape index (κ1) is 22.6. The van der Waals surface area contributed by atoms with Gasteiger partial charge in [-0.05, 0) is 36.8 Å². The average molecular weight is 457 g/mol. The number of hydrogen-bond donors (Lipinski definition) is 4. The van der Waals surface area contributed by atoms with Gasteiger partial charge < -0.3 is 25.8 Å². The van der Waals surface area contributed by atoms with E-state index in [-0.39, 0.29) is 28.4 Å². The molecule has 4 rings (SSSR count). The lowest BCUT2D eigenvalue weighted by Gasteiger charge is -2.18. The molecule has 0 saturated carbocycles. The summed E-state index contributed by atoms with van der Waals surface area (Å²) in [4.78, 5) is 37.1. The van der Waals surface area contributed by atoms with Gasteiger partial charge in [0.2, 0.25) is 0 Å². The van der Waals surface area contributed by atoms with Gasteiger partial charge in [0.1, 0.15) is 17.1 Å². The van der Waals surface area contributed by atoms with E-state index in [1.807, 2.05) is 37.3 Å². The first-order valence-electron chi connectivity index (χ1n) is 10.7. The molecule has 4 N–H and O–H groups in total. The molecule has 8 heteroatoms.